The molecular formula is C14H21F2NO. The Morgan fingerprint density at radius 2 is 1.67 bits per heavy atom. The number of rotatable bonds is 7. The van der Waals surface area contributed by atoms with Crippen LogP contribution in [0.5, 0.6) is 0 Å². The van der Waals surface area contributed by atoms with Gasteiger partial charge in [-0.05, 0) is 12.8 Å². The summed E-state index contributed by atoms with van der Waals surface area (Å²) in [6.45, 7) is 3.43. The standard InChI is InChI=1S/C14H21F2NO/c1-3-13(4-2,10-17)18-11-14(15,16)12-8-6-5-7-9-12/h5-9H,3-4,10-11,17H2,1-2H3. The fraction of sp³-hybridized carbons (Fsp3) is 0.571. The summed E-state index contributed by atoms with van der Waals surface area (Å²) in [4.78, 5) is 0. The molecule has 0 radical (unpaired) electrons. The highest BCUT2D eigenvalue weighted by Crippen LogP contribution is 2.31. The molecule has 0 spiro atoms. The van der Waals surface area contributed by atoms with E-state index in [1.165, 1.54) is 12.1 Å². The normalized spacial score (nSPS) is 12.7. The summed E-state index contributed by atoms with van der Waals surface area (Å²) in [6.07, 6.45) is 1.26. The van der Waals surface area contributed by atoms with Crippen LogP contribution in [0.15, 0.2) is 30.3 Å². The second kappa shape index (κ2) is 6.25. The first kappa shape index (κ1) is 15.1. The molecule has 0 saturated carbocycles. The number of hydrogen-bond acceptors (Lipinski definition) is 2. The van der Waals surface area contributed by atoms with Crippen LogP contribution in [0.2, 0.25) is 0 Å². The van der Waals surface area contributed by atoms with Crippen LogP contribution in [-0.4, -0.2) is 18.8 Å². The Bertz CT molecular complexity index is 342. The van der Waals surface area contributed by atoms with Gasteiger partial charge in [0.15, 0.2) is 0 Å². The van der Waals surface area contributed by atoms with Crippen molar-refractivity contribution in [3.63, 3.8) is 0 Å². The van der Waals surface area contributed by atoms with Crippen molar-refractivity contribution in [2.45, 2.75) is 38.2 Å². The lowest BCUT2D eigenvalue weighted by Gasteiger charge is -2.32. The minimum Gasteiger partial charge on any atom is -0.367 e. The van der Waals surface area contributed by atoms with Crippen molar-refractivity contribution in [2.24, 2.45) is 5.73 Å². The maximum Gasteiger partial charge on any atom is 0.296 e. The highest BCUT2D eigenvalue weighted by molar-refractivity contribution is 5.19. The van der Waals surface area contributed by atoms with Gasteiger partial charge < -0.3 is 10.5 Å². The molecule has 18 heavy (non-hydrogen) atoms. The molecule has 0 fully saturated rings. The van der Waals surface area contributed by atoms with Gasteiger partial charge in [-0.15, -0.1) is 0 Å². The summed E-state index contributed by atoms with van der Waals surface area (Å²) in [7, 11) is 0. The molecule has 1 rings (SSSR count). The van der Waals surface area contributed by atoms with Crippen LogP contribution < -0.4 is 5.73 Å². The average Bonchev–Trinajstić information content (AvgIpc) is 2.42. The minimum atomic E-state index is -2.98. The molecule has 1 aromatic rings. The molecule has 2 nitrogen and oxygen atoms in total. The smallest absolute Gasteiger partial charge is 0.296 e. The molecule has 0 aliphatic rings. The summed E-state index contributed by atoms with van der Waals surface area (Å²) in [6, 6.07) is 7.72. The molecule has 2 N–H and O–H groups in total. The first-order valence-corrected chi connectivity index (χ1v) is 6.27. The summed E-state index contributed by atoms with van der Waals surface area (Å²) < 4.78 is 33.3. The van der Waals surface area contributed by atoms with Crippen LogP contribution in [0.25, 0.3) is 0 Å². The largest absolute Gasteiger partial charge is 0.367 e. The minimum absolute atomic E-state index is 0.0249. The first-order valence-electron chi connectivity index (χ1n) is 6.27. The Hall–Kier alpha value is -1.00. The number of alkyl halides is 2. The molecule has 0 bridgehead atoms. The first-order chi connectivity index (χ1) is 8.49. The Balaban J connectivity index is 2.72. The van der Waals surface area contributed by atoms with E-state index in [1.807, 2.05) is 13.8 Å². The van der Waals surface area contributed by atoms with Gasteiger partial charge in [0.05, 0.1) is 5.60 Å². The summed E-state index contributed by atoms with van der Waals surface area (Å²) in [5.41, 5.74) is 4.96. The SMILES string of the molecule is CCC(CC)(CN)OCC(F)(F)c1ccccc1. The highest BCUT2D eigenvalue weighted by atomic mass is 19.3. The van der Waals surface area contributed by atoms with Crippen LogP contribution in [-0.2, 0) is 10.7 Å². The highest BCUT2D eigenvalue weighted by Gasteiger charge is 2.36. The van der Waals surface area contributed by atoms with Gasteiger partial charge in [0.1, 0.15) is 6.61 Å². The van der Waals surface area contributed by atoms with Crippen LogP contribution in [0.3, 0.4) is 0 Å². The monoisotopic (exact) mass is 257 g/mol. The number of nitrogens with two attached hydrogens (primary N) is 1. The molecule has 0 atom stereocenters. The van der Waals surface area contributed by atoms with Crippen molar-refractivity contribution in [3.8, 4) is 0 Å². The predicted molar refractivity (Wildman–Crippen MR) is 68.7 cm³/mol. The topological polar surface area (TPSA) is 35.2 Å². The van der Waals surface area contributed by atoms with Gasteiger partial charge in [0.2, 0.25) is 0 Å². The molecule has 0 amide bonds. The lowest BCUT2D eigenvalue weighted by molar-refractivity contribution is -0.143. The third kappa shape index (κ3) is 3.50. The summed E-state index contributed by atoms with van der Waals surface area (Å²) in [5, 5.41) is 0. The summed E-state index contributed by atoms with van der Waals surface area (Å²) in [5.74, 6) is -2.98. The molecule has 0 unspecified atom stereocenters. The number of ether oxygens (including phenoxy) is 1. The van der Waals surface area contributed by atoms with E-state index in [1.54, 1.807) is 18.2 Å². The lowest BCUT2D eigenvalue weighted by Crippen LogP contribution is -2.42. The van der Waals surface area contributed by atoms with Gasteiger partial charge in [-0.25, -0.2) is 0 Å². The molecule has 4 heteroatoms. The maximum atomic E-state index is 13.9. The number of halogens is 2. The molecule has 102 valence electrons. The van der Waals surface area contributed by atoms with Gasteiger partial charge >= 0.3 is 0 Å². The molecule has 0 aliphatic heterocycles. The van der Waals surface area contributed by atoms with Gasteiger partial charge in [0.25, 0.3) is 5.92 Å². The van der Waals surface area contributed by atoms with Crippen LogP contribution in [0.4, 0.5) is 8.78 Å². The van der Waals surface area contributed by atoms with E-state index in [0.717, 1.165) is 0 Å². The summed E-state index contributed by atoms with van der Waals surface area (Å²) >= 11 is 0. The van der Waals surface area contributed by atoms with Gasteiger partial charge in [0, 0.05) is 12.1 Å². The maximum absolute atomic E-state index is 13.9. The fourth-order valence-corrected chi connectivity index (χ4v) is 1.81. The van der Waals surface area contributed by atoms with E-state index in [-0.39, 0.29) is 12.1 Å². The van der Waals surface area contributed by atoms with E-state index in [2.05, 4.69) is 0 Å². The van der Waals surface area contributed by atoms with Gasteiger partial charge in [-0.3, -0.25) is 0 Å². The van der Waals surface area contributed by atoms with Crippen molar-refractivity contribution >= 4 is 0 Å². The van der Waals surface area contributed by atoms with Crippen molar-refractivity contribution in [2.75, 3.05) is 13.2 Å². The van der Waals surface area contributed by atoms with Gasteiger partial charge in [-0.1, -0.05) is 44.2 Å². The van der Waals surface area contributed by atoms with Crippen molar-refractivity contribution in [3.05, 3.63) is 35.9 Å². The second-order valence-corrected chi connectivity index (χ2v) is 4.45. The van der Waals surface area contributed by atoms with Gasteiger partial charge in [-0.2, -0.15) is 8.78 Å². The third-order valence-electron chi connectivity index (χ3n) is 3.42. The van der Waals surface area contributed by atoms with Crippen LogP contribution in [0, 0.1) is 0 Å². The van der Waals surface area contributed by atoms with Crippen molar-refractivity contribution in [1.29, 1.82) is 0 Å². The van der Waals surface area contributed by atoms with E-state index >= 15 is 0 Å². The van der Waals surface area contributed by atoms with E-state index in [9.17, 15) is 8.78 Å². The quantitative estimate of drug-likeness (QED) is 0.813. The zero-order valence-corrected chi connectivity index (χ0v) is 11.0. The lowest BCUT2D eigenvalue weighted by atomic mass is 9.97. The predicted octanol–water partition coefficient (Wildman–Crippen LogP) is 3.31. The van der Waals surface area contributed by atoms with E-state index in [0.29, 0.717) is 12.8 Å². The Morgan fingerprint density at radius 1 is 1.11 bits per heavy atom. The molecule has 0 heterocycles. The molecule has 0 saturated heterocycles. The molecule has 0 aliphatic carbocycles. The fourth-order valence-electron chi connectivity index (χ4n) is 1.81. The third-order valence-corrected chi connectivity index (χ3v) is 3.42. The zero-order chi connectivity index (χ0) is 13.6. The van der Waals surface area contributed by atoms with Crippen molar-refractivity contribution < 1.29 is 13.5 Å². The number of benzene rings is 1. The average molecular weight is 257 g/mol. The van der Waals surface area contributed by atoms with Crippen LogP contribution >= 0.6 is 0 Å². The molecule has 0 aromatic heterocycles. The molecule has 1 aromatic carbocycles. The zero-order valence-electron chi connectivity index (χ0n) is 11.0. The van der Waals surface area contributed by atoms with Crippen LogP contribution in [0.1, 0.15) is 32.3 Å². The molecular weight excluding hydrogens is 236 g/mol. The number of hydrogen-bond donors (Lipinski definition) is 1. The Labute approximate surface area is 107 Å². The van der Waals surface area contributed by atoms with E-state index < -0.39 is 18.1 Å². The Morgan fingerprint density at radius 3 is 2.11 bits per heavy atom. The van der Waals surface area contributed by atoms with Crippen molar-refractivity contribution in [1.82, 2.24) is 0 Å². The van der Waals surface area contributed by atoms with E-state index in [4.69, 9.17) is 10.5 Å². The second-order valence-electron chi connectivity index (χ2n) is 4.45. The Kier molecular flexibility index (Phi) is 5.23.